The molecular weight excluding hydrogens is 290 g/mol. The standard InChI is InChI=1S/C15H16F2N4O/c1-3-12(10-5-4-9(16)8-11(10)17)19-14-7-6-13(20-21-14)15(22)18-2/h4-8,12H,3H2,1-2H3,(H,18,22)(H,19,21). The van der Waals surface area contributed by atoms with Crippen LogP contribution in [0.3, 0.4) is 0 Å². The smallest absolute Gasteiger partial charge is 0.271 e. The van der Waals surface area contributed by atoms with Crippen molar-refractivity contribution < 1.29 is 13.6 Å². The molecule has 1 aromatic carbocycles. The van der Waals surface area contributed by atoms with Gasteiger partial charge in [0.05, 0.1) is 6.04 Å². The minimum Gasteiger partial charge on any atom is -0.362 e. The zero-order chi connectivity index (χ0) is 16.1. The van der Waals surface area contributed by atoms with Crippen molar-refractivity contribution in [1.29, 1.82) is 0 Å². The van der Waals surface area contributed by atoms with E-state index >= 15 is 0 Å². The van der Waals surface area contributed by atoms with Crippen LogP contribution in [0, 0.1) is 11.6 Å². The van der Waals surface area contributed by atoms with Crippen LogP contribution < -0.4 is 10.6 Å². The Labute approximate surface area is 126 Å². The number of carbonyl (C=O) groups excluding carboxylic acids is 1. The third kappa shape index (κ3) is 3.55. The molecule has 1 atom stereocenters. The fourth-order valence-electron chi connectivity index (χ4n) is 2.02. The fourth-order valence-corrected chi connectivity index (χ4v) is 2.02. The third-order valence-electron chi connectivity index (χ3n) is 3.19. The van der Waals surface area contributed by atoms with E-state index in [0.717, 1.165) is 6.07 Å². The van der Waals surface area contributed by atoms with Crippen molar-refractivity contribution in [3.05, 3.63) is 53.2 Å². The van der Waals surface area contributed by atoms with Crippen molar-refractivity contribution in [3.8, 4) is 0 Å². The van der Waals surface area contributed by atoms with Gasteiger partial charge in [0.1, 0.15) is 17.5 Å². The first-order chi connectivity index (χ1) is 10.5. The van der Waals surface area contributed by atoms with Gasteiger partial charge in [0.15, 0.2) is 5.69 Å². The van der Waals surface area contributed by atoms with Crippen LogP contribution in [-0.4, -0.2) is 23.2 Å². The summed E-state index contributed by atoms with van der Waals surface area (Å²) in [4.78, 5) is 11.4. The van der Waals surface area contributed by atoms with Crippen LogP contribution >= 0.6 is 0 Å². The van der Waals surface area contributed by atoms with Gasteiger partial charge in [-0.15, -0.1) is 10.2 Å². The summed E-state index contributed by atoms with van der Waals surface area (Å²) in [5.41, 5.74) is 0.537. The van der Waals surface area contributed by atoms with Gasteiger partial charge in [-0.25, -0.2) is 8.78 Å². The molecule has 2 N–H and O–H groups in total. The molecule has 1 aromatic heterocycles. The van der Waals surface area contributed by atoms with Crippen LogP contribution in [0.25, 0.3) is 0 Å². The minimum atomic E-state index is -0.620. The summed E-state index contributed by atoms with van der Waals surface area (Å²) in [5, 5.41) is 13.1. The summed E-state index contributed by atoms with van der Waals surface area (Å²) < 4.78 is 26.8. The summed E-state index contributed by atoms with van der Waals surface area (Å²) >= 11 is 0. The van der Waals surface area contributed by atoms with E-state index in [4.69, 9.17) is 0 Å². The van der Waals surface area contributed by atoms with E-state index in [1.54, 1.807) is 6.07 Å². The van der Waals surface area contributed by atoms with Gasteiger partial charge in [-0.1, -0.05) is 13.0 Å². The van der Waals surface area contributed by atoms with Gasteiger partial charge in [-0.2, -0.15) is 0 Å². The molecule has 0 fully saturated rings. The van der Waals surface area contributed by atoms with E-state index in [1.165, 1.54) is 25.2 Å². The molecule has 0 saturated heterocycles. The van der Waals surface area contributed by atoms with E-state index < -0.39 is 11.6 Å². The molecule has 22 heavy (non-hydrogen) atoms. The average molecular weight is 306 g/mol. The summed E-state index contributed by atoms with van der Waals surface area (Å²) in [7, 11) is 1.50. The topological polar surface area (TPSA) is 66.9 Å². The minimum absolute atomic E-state index is 0.189. The molecule has 0 aliphatic carbocycles. The van der Waals surface area contributed by atoms with Crippen molar-refractivity contribution in [2.45, 2.75) is 19.4 Å². The van der Waals surface area contributed by atoms with E-state index in [2.05, 4.69) is 20.8 Å². The zero-order valence-electron chi connectivity index (χ0n) is 12.2. The molecule has 0 bridgehead atoms. The van der Waals surface area contributed by atoms with E-state index in [0.29, 0.717) is 17.8 Å². The molecular formula is C15H16F2N4O. The zero-order valence-corrected chi connectivity index (χ0v) is 12.2. The van der Waals surface area contributed by atoms with Crippen molar-refractivity contribution in [2.75, 3.05) is 12.4 Å². The molecule has 7 heteroatoms. The molecule has 0 saturated carbocycles. The van der Waals surface area contributed by atoms with Gasteiger partial charge in [0.25, 0.3) is 5.91 Å². The number of rotatable bonds is 5. The second-order valence-electron chi connectivity index (χ2n) is 4.65. The number of hydrogen-bond acceptors (Lipinski definition) is 4. The molecule has 5 nitrogen and oxygen atoms in total. The second-order valence-corrected chi connectivity index (χ2v) is 4.65. The highest BCUT2D eigenvalue weighted by molar-refractivity contribution is 5.91. The first-order valence-corrected chi connectivity index (χ1v) is 6.82. The molecule has 0 radical (unpaired) electrons. The number of amides is 1. The molecule has 0 spiro atoms. The summed E-state index contributed by atoms with van der Waals surface area (Å²) in [6.07, 6.45) is 0.571. The second kappa shape index (κ2) is 6.93. The largest absolute Gasteiger partial charge is 0.362 e. The molecule has 0 aliphatic heterocycles. The molecule has 116 valence electrons. The van der Waals surface area contributed by atoms with Gasteiger partial charge < -0.3 is 10.6 Å². The lowest BCUT2D eigenvalue weighted by Gasteiger charge is -2.18. The predicted octanol–water partition coefficient (Wildman–Crippen LogP) is 2.68. The number of hydrogen-bond donors (Lipinski definition) is 2. The maximum absolute atomic E-state index is 13.8. The van der Waals surface area contributed by atoms with Crippen molar-refractivity contribution in [3.63, 3.8) is 0 Å². The van der Waals surface area contributed by atoms with Crippen LogP contribution in [0.1, 0.15) is 35.4 Å². The van der Waals surface area contributed by atoms with Gasteiger partial charge in [-0.3, -0.25) is 4.79 Å². The van der Waals surface area contributed by atoms with Gasteiger partial charge in [-0.05, 0) is 24.6 Å². The highest BCUT2D eigenvalue weighted by Crippen LogP contribution is 2.24. The molecule has 2 rings (SSSR count). The molecule has 1 heterocycles. The van der Waals surface area contributed by atoms with Crippen molar-refractivity contribution >= 4 is 11.7 Å². The number of carbonyl (C=O) groups is 1. The van der Waals surface area contributed by atoms with Gasteiger partial charge in [0.2, 0.25) is 0 Å². The molecule has 0 aliphatic rings. The Balaban J connectivity index is 2.18. The lowest BCUT2D eigenvalue weighted by atomic mass is 10.0. The van der Waals surface area contributed by atoms with E-state index in [9.17, 15) is 13.6 Å². The Morgan fingerprint density at radius 1 is 1.23 bits per heavy atom. The van der Waals surface area contributed by atoms with Crippen molar-refractivity contribution in [2.24, 2.45) is 0 Å². The van der Waals surface area contributed by atoms with Crippen LogP contribution in [0.4, 0.5) is 14.6 Å². The van der Waals surface area contributed by atoms with E-state index in [-0.39, 0.29) is 17.6 Å². The molecule has 1 amide bonds. The lowest BCUT2D eigenvalue weighted by Crippen LogP contribution is -2.20. The Bertz CT molecular complexity index is 661. The van der Waals surface area contributed by atoms with Gasteiger partial charge >= 0.3 is 0 Å². The number of aromatic nitrogens is 2. The van der Waals surface area contributed by atoms with Crippen molar-refractivity contribution in [1.82, 2.24) is 15.5 Å². The molecule has 2 aromatic rings. The van der Waals surface area contributed by atoms with Crippen LogP contribution in [0.2, 0.25) is 0 Å². The Morgan fingerprint density at radius 2 is 2.00 bits per heavy atom. The maximum Gasteiger partial charge on any atom is 0.271 e. The maximum atomic E-state index is 13.8. The first kappa shape index (κ1) is 15.8. The average Bonchev–Trinajstić information content (AvgIpc) is 2.53. The lowest BCUT2D eigenvalue weighted by molar-refractivity contribution is 0.0957. The number of nitrogens with one attached hydrogen (secondary N) is 2. The number of nitrogens with zero attached hydrogens (tertiary/aromatic N) is 2. The Hall–Kier alpha value is -2.57. The summed E-state index contributed by atoms with van der Waals surface area (Å²) in [5.74, 6) is -1.17. The summed E-state index contributed by atoms with van der Waals surface area (Å²) in [6, 6.07) is 6.19. The van der Waals surface area contributed by atoms with E-state index in [1.807, 2.05) is 6.92 Å². The first-order valence-electron chi connectivity index (χ1n) is 6.82. The van der Waals surface area contributed by atoms with Crippen LogP contribution in [0.15, 0.2) is 30.3 Å². The highest BCUT2D eigenvalue weighted by atomic mass is 19.1. The summed E-state index contributed by atoms with van der Waals surface area (Å²) in [6.45, 7) is 1.87. The Morgan fingerprint density at radius 3 is 2.55 bits per heavy atom. The fraction of sp³-hybridized carbons (Fsp3) is 0.267. The highest BCUT2D eigenvalue weighted by Gasteiger charge is 2.15. The van der Waals surface area contributed by atoms with Crippen LogP contribution in [0.5, 0.6) is 0 Å². The quantitative estimate of drug-likeness (QED) is 0.891. The van der Waals surface area contributed by atoms with Crippen LogP contribution in [-0.2, 0) is 0 Å². The monoisotopic (exact) mass is 306 g/mol. The molecule has 1 unspecified atom stereocenters. The SMILES string of the molecule is CCC(Nc1ccc(C(=O)NC)nn1)c1ccc(F)cc1F. The third-order valence-corrected chi connectivity index (χ3v) is 3.19. The number of anilines is 1. The predicted molar refractivity (Wildman–Crippen MR) is 78.4 cm³/mol. The number of halogens is 2. The number of benzene rings is 1. The normalized spacial score (nSPS) is 11.8. The van der Waals surface area contributed by atoms with Gasteiger partial charge in [0, 0.05) is 18.7 Å². The Kier molecular flexibility index (Phi) is 4.98.